The molecule has 0 saturated carbocycles. The first kappa shape index (κ1) is 22.9. The summed E-state index contributed by atoms with van der Waals surface area (Å²) in [6.45, 7) is 0. The zero-order valence-electron chi connectivity index (χ0n) is 16.1. The summed E-state index contributed by atoms with van der Waals surface area (Å²) in [4.78, 5) is 32.7. The minimum atomic E-state index is -5.64. The van der Waals surface area contributed by atoms with Crippen LogP contribution >= 0.6 is 15.2 Å². The molecule has 3 aromatic carbocycles. The van der Waals surface area contributed by atoms with Crippen LogP contribution in [0.1, 0.15) is 16.8 Å². The van der Waals surface area contributed by atoms with Crippen LogP contribution in [0.25, 0.3) is 0 Å². The highest BCUT2D eigenvalue weighted by Gasteiger charge is 2.66. The van der Waals surface area contributed by atoms with Gasteiger partial charge in [0.05, 0.1) is 6.42 Å². The van der Waals surface area contributed by atoms with Gasteiger partial charge in [-0.05, 0) is 24.3 Å². The molecule has 0 bridgehead atoms. The Morgan fingerprint density at radius 3 is 1.52 bits per heavy atom. The molecule has 1 unspecified atom stereocenters. The fourth-order valence-electron chi connectivity index (χ4n) is 2.71. The number of carbonyl (C=O) groups is 1. The van der Waals surface area contributed by atoms with Gasteiger partial charge in [-0.2, -0.15) is 0 Å². The number of carbonyl (C=O) groups excluding carboxylic acids is 1. The Kier molecular flexibility index (Phi) is 6.80. The van der Waals surface area contributed by atoms with Gasteiger partial charge < -0.3 is 23.9 Å². The van der Waals surface area contributed by atoms with E-state index in [0.717, 1.165) is 0 Å². The van der Waals surface area contributed by atoms with Crippen LogP contribution in [0.4, 0.5) is 0 Å². The first-order valence-electron chi connectivity index (χ1n) is 9.10. The van der Waals surface area contributed by atoms with Gasteiger partial charge in [0.2, 0.25) is 0 Å². The predicted molar refractivity (Wildman–Crippen MR) is 114 cm³/mol. The number of ketones is 1. The van der Waals surface area contributed by atoms with Crippen molar-refractivity contribution in [2.75, 3.05) is 0 Å². The highest BCUT2D eigenvalue weighted by atomic mass is 31.2. The van der Waals surface area contributed by atoms with E-state index in [9.17, 15) is 28.8 Å². The lowest BCUT2D eigenvalue weighted by atomic mass is 10.1. The minimum Gasteiger partial charge on any atom is -0.414 e. The summed E-state index contributed by atoms with van der Waals surface area (Å²) in [5.41, 5.74) is 0.0698. The summed E-state index contributed by atoms with van der Waals surface area (Å²) in [6, 6.07) is 22.5. The molecule has 10 heteroatoms. The second-order valence-corrected chi connectivity index (χ2v) is 10.9. The molecule has 0 aromatic heterocycles. The van der Waals surface area contributed by atoms with E-state index in [1.807, 2.05) is 0 Å². The zero-order valence-corrected chi connectivity index (χ0v) is 17.9. The van der Waals surface area contributed by atoms with Crippen molar-refractivity contribution in [2.45, 2.75) is 11.5 Å². The minimum absolute atomic E-state index is 0.0687. The van der Waals surface area contributed by atoms with Gasteiger partial charge in [-0.1, -0.05) is 66.7 Å². The summed E-state index contributed by atoms with van der Waals surface area (Å²) in [6.07, 6.45) is -1.20. The quantitative estimate of drug-likeness (QED) is 0.314. The summed E-state index contributed by atoms with van der Waals surface area (Å²) in [7, 11) is -10.7. The fourth-order valence-corrected chi connectivity index (χ4v) is 6.04. The van der Waals surface area contributed by atoms with Gasteiger partial charge in [-0.3, -0.25) is 9.36 Å². The molecule has 0 aliphatic heterocycles. The van der Waals surface area contributed by atoms with E-state index in [4.69, 9.17) is 9.05 Å². The molecule has 0 amide bonds. The molecule has 1 atom stereocenters. The van der Waals surface area contributed by atoms with E-state index >= 15 is 0 Å². The second kappa shape index (κ2) is 9.18. The average Bonchev–Trinajstić information content (AvgIpc) is 2.74. The molecule has 31 heavy (non-hydrogen) atoms. The molecule has 3 rings (SSSR count). The van der Waals surface area contributed by atoms with Gasteiger partial charge in [-0.15, -0.1) is 0 Å². The third-order valence-electron chi connectivity index (χ3n) is 4.34. The lowest BCUT2D eigenvalue weighted by molar-refractivity contribution is 0.0829. The third-order valence-corrected chi connectivity index (χ3v) is 8.88. The molecule has 3 aromatic rings. The average molecular weight is 462 g/mol. The first-order valence-corrected chi connectivity index (χ1v) is 12.3. The molecule has 0 fully saturated rings. The number of aliphatic hydroxyl groups is 1. The fraction of sp³-hybridized carbons (Fsp3) is 0.0952. The van der Waals surface area contributed by atoms with Crippen LogP contribution in [0.5, 0.6) is 11.5 Å². The van der Waals surface area contributed by atoms with Gasteiger partial charge in [0.1, 0.15) is 11.5 Å². The van der Waals surface area contributed by atoms with Crippen molar-refractivity contribution in [1.29, 1.82) is 0 Å². The topological polar surface area (TPSA) is 130 Å². The molecule has 0 radical (unpaired) electrons. The van der Waals surface area contributed by atoms with Crippen molar-refractivity contribution >= 4 is 21.0 Å². The number of hydrogen-bond donors (Lipinski definition) is 3. The van der Waals surface area contributed by atoms with Crippen molar-refractivity contribution < 1.29 is 37.9 Å². The van der Waals surface area contributed by atoms with Gasteiger partial charge in [0.25, 0.3) is 5.08 Å². The van der Waals surface area contributed by atoms with Crippen LogP contribution < -0.4 is 9.05 Å². The predicted octanol–water partition coefficient (Wildman–Crippen LogP) is 4.43. The normalized spacial score (nSPS) is 13.8. The Morgan fingerprint density at radius 1 is 0.742 bits per heavy atom. The lowest BCUT2D eigenvalue weighted by Gasteiger charge is -2.34. The Hall–Kier alpha value is -2.73. The van der Waals surface area contributed by atoms with Crippen molar-refractivity contribution in [3.05, 3.63) is 96.6 Å². The molecule has 0 heterocycles. The van der Waals surface area contributed by atoms with E-state index in [2.05, 4.69) is 0 Å². The summed E-state index contributed by atoms with van der Waals surface area (Å²) in [5.74, 6) is -0.985. The zero-order chi connectivity index (χ0) is 22.5. The Labute approximate surface area is 178 Å². The Balaban J connectivity index is 2.09. The standard InChI is InChI=1S/C21H20O8P2/c22-20(17-10-4-1-5-11-17)16-21(23,30(24,25)26)31(27,28-18-12-6-2-7-13-18)29-19-14-8-3-9-15-19/h1-15,23H,16H2,(H2,24,25,26). The lowest BCUT2D eigenvalue weighted by Crippen LogP contribution is -2.35. The van der Waals surface area contributed by atoms with Gasteiger partial charge >= 0.3 is 15.2 Å². The monoisotopic (exact) mass is 462 g/mol. The molecule has 0 aliphatic rings. The molecule has 162 valence electrons. The number of Topliss-reactive ketones (excluding diaryl/α,β-unsaturated/α-hetero) is 1. The molecular formula is C21H20O8P2. The maximum Gasteiger partial charge on any atom is 0.475 e. The number of benzene rings is 3. The van der Waals surface area contributed by atoms with E-state index in [-0.39, 0.29) is 17.1 Å². The van der Waals surface area contributed by atoms with E-state index in [0.29, 0.717) is 0 Å². The molecule has 3 N–H and O–H groups in total. The van der Waals surface area contributed by atoms with Crippen molar-refractivity contribution in [2.24, 2.45) is 0 Å². The largest absolute Gasteiger partial charge is 0.475 e. The molecular weight excluding hydrogens is 442 g/mol. The highest BCUT2D eigenvalue weighted by Crippen LogP contribution is 2.73. The Morgan fingerprint density at radius 2 is 1.13 bits per heavy atom. The highest BCUT2D eigenvalue weighted by molar-refractivity contribution is 7.73. The smallest absolute Gasteiger partial charge is 0.414 e. The van der Waals surface area contributed by atoms with Crippen LogP contribution in [-0.4, -0.2) is 25.8 Å². The van der Waals surface area contributed by atoms with Crippen molar-refractivity contribution in [1.82, 2.24) is 0 Å². The first-order chi connectivity index (χ1) is 14.6. The molecule has 0 aliphatic carbocycles. The second-order valence-electron chi connectivity index (χ2n) is 6.59. The van der Waals surface area contributed by atoms with Crippen LogP contribution in [0.2, 0.25) is 0 Å². The maximum absolute atomic E-state index is 13.8. The van der Waals surface area contributed by atoms with Crippen LogP contribution in [0.3, 0.4) is 0 Å². The summed E-state index contributed by atoms with van der Waals surface area (Å²) < 4.78 is 37.0. The van der Waals surface area contributed by atoms with Crippen LogP contribution in [0, 0.1) is 0 Å². The van der Waals surface area contributed by atoms with Gasteiger partial charge in [-0.25, -0.2) is 4.57 Å². The summed E-state index contributed by atoms with van der Waals surface area (Å²) in [5, 5.41) is 7.68. The van der Waals surface area contributed by atoms with Crippen LogP contribution in [0.15, 0.2) is 91.0 Å². The maximum atomic E-state index is 13.8. The molecule has 0 spiro atoms. The number of para-hydroxylation sites is 2. The van der Waals surface area contributed by atoms with Crippen LogP contribution in [-0.2, 0) is 9.13 Å². The van der Waals surface area contributed by atoms with E-state index < -0.39 is 32.5 Å². The molecule has 8 nitrogen and oxygen atoms in total. The van der Waals surface area contributed by atoms with E-state index in [1.165, 1.54) is 60.7 Å². The van der Waals surface area contributed by atoms with E-state index in [1.54, 1.807) is 30.3 Å². The van der Waals surface area contributed by atoms with Crippen molar-refractivity contribution in [3.63, 3.8) is 0 Å². The SMILES string of the molecule is O=C(CC(O)(P(=O)(O)O)P(=O)(Oc1ccccc1)Oc1ccccc1)c1ccccc1. The Bertz CT molecular complexity index is 1070. The van der Waals surface area contributed by atoms with Crippen molar-refractivity contribution in [3.8, 4) is 11.5 Å². The number of hydrogen-bond acceptors (Lipinski definition) is 6. The number of rotatable bonds is 9. The molecule has 0 saturated heterocycles. The van der Waals surface area contributed by atoms with Gasteiger partial charge in [0.15, 0.2) is 5.78 Å². The van der Waals surface area contributed by atoms with Gasteiger partial charge in [0, 0.05) is 5.56 Å². The third kappa shape index (κ3) is 5.13. The summed E-state index contributed by atoms with van der Waals surface area (Å²) >= 11 is 0.